The molecule has 1 aromatic rings. The summed E-state index contributed by atoms with van der Waals surface area (Å²) < 4.78 is 0. The second-order valence-electron chi connectivity index (χ2n) is 9.69. The fourth-order valence-corrected chi connectivity index (χ4v) is 4.72. The van der Waals surface area contributed by atoms with Gasteiger partial charge < -0.3 is 20.8 Å². The minimum atomic E-state index is -1.29. The van der Waals surface area contributed by atoms with Gasteiger partial charge >= 0.3 is 5.97 Å². The summed E-state index contributed by atoms with van der Waals surface area (Å²) in [4.78, 5) is 36.5. The molecule has 4 N–H and O–H groups in total. The van der Waals surface area contributed by atoms with Crippen LogP contribution in [0, 0.1) is 17.8 Å². The molecular formula is C29H44N2O5S. The Balaban J connectivity index is 2.28. The molecule has 37 heavy (non-hydrogen) atoms. The average molecular weight is 533 g/mol. The van der Waals surface area contributed by atoms with Crippen molar-refractivity contribution >= 4 is 35.2 Å². The summed E-state index contributed by atoms with van der Waals surface area (Å²) in [6.45, 7) is 5.82. The van der Waals surface area contributed by atoms with Crippen LogP contribution in [-0.2, 0) is 9.59 Å². The van der Waals surface area contributed by atoms with E-state index in [4.69, 9.17) is 5.11 Å². The van der Waals surface area contributed by atoms with Gasteiger partial charge in [0.15, 0.2) is 0 Å². The summed E-state index contributed by atoms with van der Waals surface area (Å²) in [7, 11) is 0. The van der Waals surface area contributed by atoms with Crippen molar-refractivity contribution < 1.29 is 24.6 Å². The zero-order chi connectivity index (χ0) is 27.5. The third kappa shape index (κ3) is 15.2. The minimum Gasteiger partial charge on any atom is -0.507 e. The molecule has 1 unspecified atom stereocenters. The molecule has 1 atom stereocenters. The van der Waals surface area contributed by atoms with E-state index in [0.29, 0.717) is 12.2 Å². The van der Waals surface area contributed by atoms with Gasteiger partial charge in [0, 0.05) is 12.1 Å². The summed E-state index contributed by atoms with van der Waals surface area (Å²) >= 11 is 1.58. The molecule has 0 aliphatic carbocycles. The number of anilines is 1. The summed E-state index contributed by atoms with van der Waals surface area (Å²) in [6.07, 6.45) is 12.6. The van der Waals surface area contributed by atoms with Crippen LogP contribution in [0.4, 0.5) is 5.69 Å². The Bertz CT molecular complexity index is 907. The Morgan fingerprint density at radius 3 is 2.19 bits per heavy atom. The van der Waals surface area contributed by atoms with Crippen molar-refractivity contribution in [3.63, 3.8) is 0 Å². The van der Waals surface area contributed by atoms with E-state index in [0.717, 1.165) is 18.6 Å². The molecule has 0 saturated carbocycles. The molecule has 0 spiro atoms. The number of phenols is 1. The van der Waals surface area contributed by atoms with Crippen molar-refractivity contribution in [2.75, 3.05) is 16.8 Å². The molecular weight excluding hydrogens is 488 g/mol. The first-order valence-electron chi connectivity index (χ1n) is 13.4. The number of hydrogen-bond donors (Lipinski definition) is 4. The van der Waals surface area contributed by atoms with E-state index < -0.39 is 17.9 Å². The van der Waals surface area contributed by atoms with Crippen molar-refractivity contribution in [3.05, 3.63) is 23.8 Å². The van der Waals surface area contributed by atoms with Gasteiger partial charge in [-0.2, -0.15) is 11.8 Å². The van der Waals surface area contributed by atoms with Crippen LogP contribution in [0.3, 0.4) is 0 Å². The highest BCUT2D eigenvalue weighted by Crippen LogP contribution is 2.22. The Morgan fingerprint density at radius 1 is 0.973 bits per heavy atom. The van der Waals surface area contributed by atoms with Crippen LogP contribution in [0.25, 0.3) is 0 Å². The lowest BCUT2D eigenvalue weighted by Gasteiger charge is -2.20. The molecule has 7 nitrogen and oxygen atoms in total. The topological polar surface area (TPSA) is 116 Å². The predicted molar refractivity (Wildman–Crippen MR) is 152 cm³/mol. The number of amides is 2. The smallest absolute Gasteiger partial charge is 0.339 e. The highest BCUT2D eigenvalue weighted by Gasteiger charge is 2.22. The molecule has 1 aromatic carbocycles. The van der Waals surface area contributed by atoms with Crippen molar-refractivity contribution in [1.82, 2.24) is 5.32 Å². The van der Waals surface area contributed by atoms with E-state index >= 15 is 0 Å². The number of thioether (sulfide) groups is 1. The first-order valence-corrected chi connectivity index (χ1v) is 14.5. The van der Waals surface area contributed by atoms with Crippen molar-refractivity contribution in [2.24, 2.45) is 5.92 Å². The molecule has 206 valence electrons. The number of carboxylic acids is 1. The summed E-state index contributed by atoms with van der Waals surface area (Å²) in [5.41, 5.74) is -0.0495. The number of aromatic hydroxyl groups is 1. The van der Waals surface area contributed by atoms with Gasteiger partial charge in [0.25, 0.3) is 0 Å². The van der Waals surface area contributed by atoms with Gasteiger partial charge in [0.1, 0.15) is 17.4 Å². The molecule has 0 radical (unpaired) electrons. The van der Waals surface area contributed by atoms with E-state index in [1.807, 2.05) is 20.8 Å². The second-order valence-corrected chi connectivity index (χ2v) is 10.8. The van der Waals surface area contributed by atoms with E-state index in [1.54, 1.807) is 11.8 Å². The highest BCUT2D eigenvalue weighted by atomic mass is 32.2. The molecule has 0 fully saturated rings. The Labute approximate surface area is 226 Å². The molecule has 0 aromatic heterocycles. The fourth-order valence-electron chi connectivity index (χ4n) is 3.90. The quantitative estimate of drug-likeness (QED) is 0.0955. The third-order valence-electron chi connectivity index (χ3n) is 5.85. The minimum absolute atomic E-state index is 0.175. The molecule has 1 rings (SSSR count). The standard InChI is InChI=1S/C29H44N2O5S/c1-4-5-6-7-8-9-10-11-12-13-14-15-18-37-21-27(33)31-25(19-22(2)3)28(34)30-23-16-17-26(32)24(20-23)29(35)36/h16-17,20,22,25,32H,6-15,18-19,21H2,1-3H3,(H,30,34)(H,31,33)(H,35,36). The first kappa shape index (κ1) is 32.4. The number of carbonyl (C=O) groups excluding carboxylic acids is 2. The molecule has 0 aliphatic heterocycles. The largest absolute Gasteiger partial charge is 0.507 e. The Kier molecular flexibility index (Phi) is 17.0. The lowest BCUT2D eigenvalue weighted by molar-refractivity contribution is -0.125. The van der Waals surface area contributed by atoms with Crippen LogP contribution in [0.1, 0.15) is 102 Å². The number of nitrogens with one attached hydrogen (secondary N) is 2. The zero-order valence-electron chi connectivity index (χ0n) is 22.6. The maximum Gasteiger partial charge on any atom is 0.339 e. The third-order valence-corrected chi connectivity index (χ3v) is 6.90. The molecule has 0 saturated heterocycles. The number of carboxylic acid groups (broad SMARTS) is 1. The number of carbonyl (C=O) groups is 3. The number of aromatic carboxylic acids is 1. The molecule has 0 heterocycles. The van der Waals surface area contributed by atoms with Crippen LogP contribution in [0.2, 0.25) is 0 Å². The monoisotopic (exact) mass is 532 g/mol. The van der Waals surface area contributed by atoms with Crippen LogP contribution < -0.4 is 10.6 Å². The second kappa shape index (κ2) is 19.5. The van der Waals surface area contributed by atoms with E-state index in [1.165, 1.54) is 69.6 Å². The Hall–Kier alpha value is -2.66. The van der Waals surface area contributed by atoms with E-state index in [2.05, 4.69) is 22.5 Å². The lowest BCUT2D eigenvalue weighted by atomic mass is 10.0. The molecule has 0 bridgehead atoms. The molecule has 2 amide bonds. The van der Waals surface area contributed by atoms with Gasteiger partial charge in [-0.25, -0.2) is 4.79 Å². The lowest BCUT2D eigenvalue weighted by Crippen LogP contribution is -2.45. The number of hydrogen-bond acceptors (Lipinski definition) is 5. The van der Waals surface area contributed by atoms with Crippen molar-refractivity contribution in [2.45, 2.75) is 97.4 Å². The van der Waals surface area contributed by atoms with Gasteiger partial charge in [0.05, 0.1) is 5.75 Å². The van der Waals surface area contributed by atoms with E-state index in [9.17, 15) is 19.5 Å². The number of unbranched alkanes of at least 4 members (excludes halogenated alkanes) is 9. The maximum atomic E-state index is 12.8. The van der Waals surface area contributed by atoms with Crippen LogP contribution in [0.5, 0.6) is 5.75 Å². The van der Waals surface area contributed by atoms with Gasteiger partial charge in [-0.15, -0.1) is 11.8 Å². The van der Waals surface area contributed by atoms with Crippen molar-refractivity contribution in [3.8, 4) is 17.6 Å². The summed E-state index contributed by atoms with van der Waals surface area (Å²) in [6, 6.07) is 3.12. The molecule has 8 heteroatoms. The van der Waals surface area contributed by atoms with Crippen molar-refractivity contribution in [1.29, 1.82) is 0 Å². The summed E-state index contributed by atoms with van der Waals surface area (Å²) in [5.74, 6) is 5.17. The Morgan fingerprint density at radius 2 is 1.59 bits per heavy atom. The average Bonchev–Trinajstić information content (AvgIpc) is 2.84. The fraction of sp³-hybridized carbons (Fsp3) is 0.621. The highest BCUT2D eigenvalue weighted by molar-refractivity contribution is 7.99. The van der Waals surface area contributed by atoms with E-state index in [-0.39, 0.29) is 28.8 Å². The zero-order valence-corrected chi connectivity index (χ0v) is 23.4. The maximum absolute atomic E-state index is 12.8. The van der Waals surface area contributed by atoms with Crippen LogP contribution in [-0.4, -0.2) is 45.5 Å². The number of rotatable bonds is 19. The van der Waals surface area contributed by atoms with Crippen LogP contribution >= 0.6 is 11.8 Å². The SMILES string of the molecule is CC#CCCCCCCCCCCCSCC(=O)NC(CC(C)C)C(=O)Nc1ccc(O)c(C(=O)O)c1. The summed E-state index contributed by atoms with van der Waals surface area (Å²) in [5, 5.41) is 24.3. The van der Waals surface area contributed by atoms with Crippen LogP contribution in [0.15, 0.2) is 18.2 Å². The predicted octanol–water partition coefficient (Wildman–Crippen LogP) is 6.22. The van der Waals surface area contributed by atoms with Gasteiger partial charge in [-0.3, -0.25) is 9.59 Å². The normalized spacial score (nSPS) is 11.5. The van der Waals surface area contributed by atoms with Gasteiger partial charge in [0.2, 0.25) is 11.8 Å². The first-order chi connectivity index (χ1) is 17.7. The number of benzene rings is 1. The molecule has 0 aliphatic rings. The van der Waals surface area contributed by atoms with Gasteiger partial charge in [-0.05, 0) is 56.1 Å². The van der Waals surface area contributed by atoms with Gasteiger partial charge in [-0.1, -0.05) is 58.8 Å².